The molecule has 5 nitrogen and oxygen atoms in total. The fraction of sp³-hybridized carbons (Fsp3) is 0.455. The Hall–Kier alpha value is -1.62. The maximum atomic E-state index is 13.8. The highest BCUT2D eigenvalue weighted by Gasteiger charge is 2.38. The molecule has 4 rings (SSSR count). The first-order valence-electron chi connectivity index (χ1n) is 10.5. The van der Waals surface area contributed by atoms with Gasteiger partial charge in [0.15, 0.2) is 5.69 Å². The van der Waals surface area contributed by atoms with E-state index in [0.29, 0.717) is 30.1 Å². The van der Waals surface area contributed by atoms with Gasteiger partial charge in [-0.1, -0.05) is 23.9 Å². The fourth-order valence-corrected chi connectivity index (χ4v) is 5.45. The second-order valence-electron chi connectivity index (χ2n) is 7.90. The number of aliphatic hydroxyl groups excluding tert-OH is 1. The van der Waals surface area contributed by atoms with Gasteiger partial charge < -0.3 is 20.3 Å². The van der Waals surface area contributed by atoms with Crippen LogP contribution < -0.4 is 5.06 Å². The molecule has 9 heteroatoms. The lowest BCUT2D eigenvalue weighted by Crippen LogP contribution is -2.97. The monoisotopic (exact) mass is 453 g/mol. The third-order valence-corrected chi connectivity index (χ3v) is 7.08. The molecule has 2 aliphatic heterocycles. The first kappa shape index (κ1) is 22.6. The lowest BCUT2D eigenvalue weighted by molar-refractivity contribution is -0.703. The summed E-state index contributed by atoms with van der Waals surface area (Å²) >= 11 is 1.36. The van der Waals surface area contributed by atoms with Crippen LogP contribution in [0, 0.1) is 5.21 Å². The minimum absolute atomic E-state index is 0.121. The zero-order chi connectivity index (χ0) is 22.0. The molecule has 0 amide bonds. The Morgan fingerprint density at radius 2 is 1.65 bits per heavy atom. The summed E-state index contributed by atoms with van der Waals surface area (Å²) in [4.78, 5) is 5.80. The Labute approximate surface area is 184 Å². The molecule has 0 aromatic heterocycles. The molecule has 0 bridgehead atoms. The number of halogens is 3. The third kappa shape index (κ3) is 4.92. The van der Waals surface area contributed by atoms with E-state index in [2.05, 4.69) is 9.80 Å². The van der Waals surface area contributed by atoms with Gasteiger partial charge in [0.05, 0.1) is 22.0 Å². The van der Waals surface area contributed by atoms with E-state index in [0.717, 1.165) is 37.1 Å². The molecule has 1 fully saturated rings. The molecule has 0 aliphatic carbocycles. The Balaban J connectivity index is 1.53. The van der Waals surface area contributed by atoms with E-state index in [4.69, 9.17) is 5.11 Å². The average Bonchev–Trinajstić information content (AvgIpc) is 2.74. The second kappa shape index (κ2) is 9.48. The van der Waals surface area contributed by atoms with Gasteiger partial charge in [-0.2, -0.15) is 13.2 Å². The van der Waals surface area contributed by atoms with Gasteiger partial charge in [0.1, 0.15) is 5.69 Å². The van der Waals surface area contributed by atoms with Crippen molar-refractivity contribution in [1.82, 2.24) is 9.80 Å². The number of rotatable bonds is 6. The van der Waals surface area contributed by atoms with Crippen molar-refractivity contribution in [2.75, 3.05) is 45.9 Å². The van der Waals surface area contributed by atoms with E-state index in [1.807, 2.05) is 12.1 Å². The molecule has 1 saturated heterocycles. The molecule has 2 aliphatic rings. The van der Waals surface area contributed by atoms with Crippen LogP contribution in [0.15, 0.2) is 46.2 Å². The van der Waals surface area contributed by atoms with Crippen LogP contribution in [0.2, 0.25) is 0 Å². The zero-order valence-electron chi connectivity index (χ0n) is 17.1. The van der Waals surface area contributed by atoms with Crippen LogP contribution in [0.25, 0.3) is 0 Å². The summed E-state index contributed by atoms with van der Waals surface area (Å²) in [6.07, 6.45) is -3.73. The van der Waals surface area contributed by atoms with Crippen LogP contribution in [0.5, 0.6) is 0 Å². The maximum Gasteiger partial charge on any atom is 0.416 e. The van der Waals surface area contributed by atoms with Gasteiger partial charge in [-0.25, -0.2) is 0 Å². The molecule has 2 aromatic rings. The smallest absolute Gasteiger partial charge is 0.416 e. The molecule has 2 N–H and O–H groups in total. The summed E-state index contributed by atoms with van der Waals surface area (Å²) < 4.78 is 41.4. The van der Waals surface area contributed by atoms with Crippen molar-refractivity contribution in [3.63, 3.8) is 0 Å². The molecule has 2 aromatic carbocycles. The molecule has 2 heterocycles. The molecular weight excluding hydrogens is 427 g/mol. The van der Waals surface area contributed by atoms with E-state index >= 15 is 0 Å². The Kier molecular flexibility index (Phi) is 6.90. The van der Waals surface area contributed by atoms with Crippen molar-refractivity contribution < 1.29 is 23.3 Å². The molecular formula is C22H26F3N3O2S. The van der Waals surface area contributed by atoms with E-state index in [-0.39, 0.29) is 29.3 Å². The Morgan fingerprint density at radius 1 is 0.968 bits per heavy atom. The van der Waals surface area contributed by atoms with Crippen molar-refractivity contribution in [3.8, 4) is 0 Å². The van der Waals surface area contributed by atoms with Crippen molar-refractivity contribution in [3.05, 3.63) is 52.7 Å². The summed E-state index contributed by atoms with van der Waals surface area (Å²) in [7, 11) is 0. The minimum Gasteiger partial charge on any atom is -0.623 e. The molecule has 1 unspecified atom stereocenters. The van der Waals surface area contributed by atoms with Crippen molar-refractivity contribution in [1.29, 1.82) is 0 Å². The number of alkyl halides is 3. The third-order valence-electron chi connectivity index (χ3n) is 5.94. The number of β-amino-alcohol motifs (C(OH)–C–C–N with tert-alkyl or cyclic N) is 1. The number of piperazine rings is 1. The van der Waals surface area contributed by atoms with Crippen LogP contribution in [0.3, 0.4) is 0 Å². The number of para-hydroxylation sites is 1. The Bertz CT molecular complexity index is 917. The predicted molar refractivity (Wildman–Crippen MR) is 114 cm³/mol. The Morgan fingerprint density at radius 3 is 2.32 bits per heavy atom. The van der Waals surface area contributed by atoms with Crippen LogP contribution in [-0.4, -0.2) is 60.8 Å². The zero-order valence-corrected chi connectivity index (χ0v) is 17.9. The van der Waals surface area contributed by atoms with E-state index in [9.17, 15) is 18.4 Å². The summed E-state index contributed by atoms with van der Waals surface area (Å²) in [5.74, 6) is 0. The number of benzene rings is 2. The van der Waals surface area contributed by atoms with Gasteiger partial charge in [-0.15, -0.1) is 0 Å². The summed E-state index contributed by atoms with van der Waals surface area (Å²) in [6.45, 7) is 4.84. The number of fused-ring (bicyclic) bond motifs is 2. The van der Waals surface area contributed by atoms with Crippen LogP contribution in [-0.2, 0) is 12.6 Å². The lowest BCUT2D eigenvalue weighted by atomic mass is 9.99. The highest BCUT2D eigenvalue weighted by Crippen LogP contribution is 2.45. The van der Waals surface area contributed by atoms with Gasteiger partial charge in [0.2, 0.25) is 0 Å². The van der Waals surface area contributed by atoms with Crippen molar-refractivity contribution >= 4 is 23.1 Å². The molecule has 1 atom stereocenters. The highest BCUT2D eigenvalue weighted by molar-refractivity contribution is 7.99. The standard InChI is InChI=1S/C22H26F3N3O2S/c23-22(24,25)17-7-8-20-21(28(30)18-5-1-2-6-19(18)31-20)16(17)4-3-9-26-10-12-27(13-11-26)14-15-29/h1-2,5-8,28-29H,3-4,9-15H2. The first-order valence-corrected chi connectivity index (χ1v) is 11.3. The number of hydrogen-bond donors (Lipinski definition) is 2. The summed E-state index contributed by atoms with van der Waals surface area (Å²) in [5, 5.41) is 21.9. The molecule has 0 radical (unpaired) electrons. The van der Waals surface area contributed by atoms with Crippen LogP contribution in [0.4, 0.5) is 24.5 Å². The van der Waals surface area contributed by atoms with Gasteiger partial charge in [0, 0.05) is 44.4 Å². The quantitative estimate of drug-likeness (QED) is 0.659. The number of aliphatic hydroxyl groups is 1. The van der Waals surface area contributed by atoms with E-state index in [1.165, 1.54) is 17.8 Å². The molecule has 31 heavy (non-hydrogen) atoms. The summed E-state index contributed by atoms with van der Waals surface area (Å²) in [6, 6.07) is 9.64. The van der Waals surface area contributed by atoms with Crippen molar-refractivity contribution in [2.45, 2.75) is 28.8 Å². The average molecular weight is 454 g/mol. The van der Waals surface area contributed by atoms with E-state index < -0.39 is 11.7 Å². The number of quaternary nitrogens is 1. The normalized spacial score (nSPS) is 19.8. The lowest BCUT2D eigenvalue weighted by Gasteiger charge is -2.35. The van der Waals surface area contributed by atoms with Gasteiger partial charge in [-0.05, 0) is 37.6 Å². The van der Waals surface area contributed by atoms with Gasteiger partial charge in [-0.3, -0.25) is 4.90 Å². The number of nitrogens with zero attached hydrogens (tertiary/aromatic N) is 2. The fourth-order valence-electron chi connectivity index (χ4n) is 4.34. The SMILES string of the molecule is [O-][NH+]1c2ccccc2Sc2ccc(C(F)(F)F)c(CCCN3CCN(CCO)CC3)c21. The highest BCUT2D eigenvalue weighted by atomic mass is 32.2. The van der Waals surface area contributed by atoms with Gasteiger partial charge >= 0.3 is 6.18 Å². The molecule has 168 valence electrons. The van der Waals surface area contributed by atoms with Crippen LogP contribution >= 0.6 is 11.8 Å². The number of nitrogens with one attached hydrogen (secondary N) is 1. The van der Waals surface area contributed by atoms with E-state index in [1.54, 1.807) is 12.1 Å². The van der Waals surface area contributed by atoms with Crippen LogP contribution in [0.1, 0.15) is 17.5 Å². The second-order valence-corrected chi connectivity index (χ2v) is 8.98. The largest absolute Gasteiger partial charge is 0.623 e. The topological polar surface area (TPSA) is 54.2 Å². The maximum absolute atomic E-state index is 13.8. The molecule has 0 saturated carbocycles. The molecule has 0 spiro atoms. The summed E-state index contributed by atoms with van der Waals surface area (Å²) in [5.41, 5.74) is 0.107. The van der Waals surface area contributed by atoms with Gasteiger partial charge in [0.25, 0.3) is 0 Å². The number of hydrogen-bond acceptors (Lipinski definition) is 5. The minimum atomic E-state index is -4.50. The predicted octanol–water partition coefficient (Wildman–Crippen LogP) is 3.06. The van der Waals surface area contributed by atoms with Crippen molar-refractivity contribution in [2.24, 2.45) is 0 Å². The first-order chi connectivity index (χ1) is 14.9.